The zero-order valence-corrected chi connectivity index (χ0v) is 16.1. The molecule has 26 heavy (non-hydrogen) atoms. The number of fused-ring (bicyclic) bond motifs is 1. The normalized spacial score (nSPS) is 21.3. The molecule has 8 heteroatoms. The molecule has 142 valence electrons. The van der Waals surface area contributed by atoms with Crippen LogP contribution in [0.1, 0.15) is 42.2 Å². The second kappa shape index (κ2) is 7.90. The van der Waals surface area contributed by atoms with Crippen molar-refractivity contribution in [3.63, 3.8) is 0 Å². The largest absolute Gasteiger partial charge is 0.337 e. The molecule has 2 aromatic rings. The van der Waals surface area contributed by atoms with E-state index in [4.69, 9.17) is 4.52 Å². The minimum absolute atomic E-state index is 0. The van der Waals surface area contributed by atoms with Crippen molar-refractivity contribution < 1.29 is 9.32 Å². The Balaban J connectivity index is 0.00000196. The van der Waals surface area contributed by atoms with Crippen LogP contribution in [-0.4, -0.2) is 71.2 Å². The number of piperazine rings is 1. The van der Waals surface area contributed by atoms with Crippen molar-refractivity contribution in [2.45, 2.75) is 32.2 Å². The fourth-order valence-corrected chi connectivity index (χ4v) is 3.84. The molecular weight excluding hydrogens is 354 g/mol. The molecule has 0 aromatic carbocycles. The first-order chi connectivity index (χ1) is 12.1. The van der Waals surface area contributed by atoms with Gasteiger partial charge in [-0.25, -0.2) is 4.98 Å². The van der Waals surface area contributed by atoms with Crippen LogP contribution in [0.5, 0.6) is 0 Å². The maximum atomic E-state index is 12.9. The molecule has 2 aromatic heterocycles. The fourth-order valence-electron chi connectivity index (χ4n) is 3.84. The summed E-state index contributed by atoms with van der Waals surface area (Å²) >= 11 is 0. The summed E-state index contributed by atoms with van der Waals surface area (Å²) in [7, 11) is 0. The highest BCUT2D eigenvalue weighted by atomic mass is 35.5. The maximum Gasteiger partial charge on any atom is 0.257 e. The first-order valence-corrected chi connectivity index (χ1v) is 9.13. The van der Waals surface area contributed by atoms with Crippen molar-refractivity contribution in [2.75, 3.05) is 39.3 Å². The van der Waals surface area contributed by atoms with Gasteiger partial charge in [0, 0.05) is 51.5 Å². The van der Waals surface area contributed by atoms with Crippen molar-refractivity contribution in [1.29, 1.82) is 0 Å². The molecule has 2 fully saturated rings. The summed E-state index contributed by atoms with van der Waals surface area (Å²) < 4.78 is 5.27. The van der Waals surface area contributed by atoms with Crippen LogP contribution in [0.3, 0.4) is 0 Å². The van der Waals surface area contributed by atoms with E-state index in [2.05, 4.69) is 34.2 Å². The number of pyridine rings is 1. The van der Waals surface area contributed by atoms with E-state index in [0.29, 0.717) is 17.3 Å². The zero-order valence-electron chi connectivity index (χ0n) is 15.3. The van der Waals surface area contributed by atoms with Gasteiger partial charge in [-0.05, 0) is 18.4 Å². The Bertz CT molecular complexity index is 772. The number of carbonyl (C=O) groups is 1. The third-order valence-electron chi connectivity index (χ3n) is 5.27. The molecule has 2 aliphatic rings. The summed E-state index contributed by atoms with van der Waals surface area (Å²) in [5.74, 6) is 0.292. The first kappa shape index (κ1) is 19.1. The van der Waals surface area contributed by atoms with Crippen LogP contribution in [0, 0.1) is 0 Å². The Kier molecular flexibility index (Phi) is 5.79. The maximum absolute atomic E-state index is 12.9. The van der Waals surface area contributed by atoms with Gasteiger partial charge in [-0.1, -0.05) is 19.0 Å². The highest BCUT2D eigenvalue weighted by Gasteiger charge is 2.31. The van der Waals surface area contributed by atoms with Crippen molar-refractivity contribution in [3.8, 4) is 0 Å². The third-order valence-corrected chi connectivity index (χ3v) is 5.27. The lowest BCUT2D eigenvalue weighted by molar-refractivity contribution is 0.0773. The molecule has 7 nitrogen and oxygen atoms in total. The molecule has 0 spiro atoms. The first-order valence-electron chi connectivity index (χ1n) is 9.13. The van der Waals surface area contributed by atoms with Gasteiger partial charge in [0.2, 0.25) is 0 Å². The Morgan fingerprint density at radius 1 is 1.31 bits per heavy atom. The molecule has 4 rings (SSSR count). The molecule has 1 amide bonds. The van der Waals surface area contributed by atoms with E-state index in [-0.39, 0.29) is 24.2 Å². The molecule has 2 saturated heterocycles. The Morgan fingerprint density at radius 2 is 2.08 bits per heavy atom. The predicted molar refractivity (Wildman–Crippen MR) is 102 cm³/mol. The summed E-state index contributed by atoms with van der Waals surface area (Å²) in [6.07, 6.45) is 2.66. The van der Waals surface area contributed by atoms with Crippen LogP contribution >= 0.6 is 12.4 Å². The minimum atomic E-state index is 0. The lowest BCUT2D eigenvalue weighted by Crippen LogP contribution is -2.49. The monoisotopic (exact) mass is 379 g/mol. The number of hydrogen-bond donors (Lipinski definition) is 1. The van der Waals surface area contributed by atoms with E-state index in [9.17, 15) is 4.79 Å². The Morgan fingerprint density at radius 3 is 2.81 bits per heavy atom. The van der Waals surface area contributed by atoms with E-state index in [0.717, 1.165) is 56.8 Å². The van der Waals surface area contributed by atoms with E-state index in [1.807, 2.05) is 11.0 Å². The van der Waals surface area contributed by atoms with E-state index in [1.165, 1.54) is 0 Å². The summed E-state index contributed by atoms with van der Waals surface area (Å²) in [4.78, 5) is 21.7. The lowest BCUT2D eigenvalue weighted by atomic mass is 10.1. The molecule has 1 unspecified atom stereocenters. The van der Waals surface area contributed by atoms with Gasteiger partial charge in [0.05, 0.1) is 16.6 Å². The molecule has 0 bridgehead atoms. The molecule has 2 aliphatic heterocycles. The predicted octanol–water partition coefficient (Wildman–Crippen LogP) is 1.89. The fraction of sp³-hybridized carbons (Fsp3) is 0.611. The average molecular weight is 380 g/mol. The smallest absolute Gasteiger partial charge is 0.257 e. The number of aromatic nitrogens is 2. The number of halogens is 1. The Labute approximate surface area is 159 Å². The number of nitrogens with one attached hydrogen (secondary N) is 1. The molecule has 4 heterocycles. The molecule has 1 N–H and O–H groups in total. The number of likely N-dealkylation sites (tertiary alicyclic amines) is 1. The molecule has 0 saturated carbocycles. The molecule has 0 radical (unpaired) electrons. The Hall–Kier alpha value is -1.70. The summed E-state index contributed by atoms with van der Waals surface area (Å²) in [5.41, 5.74) is 1.98. The number of carbonyl (C=O) groups excluding carboxylic acids is 1. The summed E-state index contributed by atoms with van der Waals surface area (Å²) in [5, 5.41) is 8.32. The van der Waals surface area contributed by atoms with Crippen LogP contribution in [-0.2, 0) is 0 Å². The van der Waals surface area contributed by atoms with Crippen molar-refractivity contribution in [2.24, 2.45) is 0 Å². The van der Waals surface area contributed by atoms with Crippen LogP contribution in [0.2, 0.25) is 0 Å². The minimum Gasteiger partial charge on any atom is -0.337 e. The molecule has 1 atom stereocenters. The quantitative estimate of drug-likeness (QED) is 0.877. The van der Waals surface area contributed by atoms with E-state index >= 15 is 0 Å². The number of nitrogens with zero attached hydrogens (tertiary/aromatic N) is 4. The van der Waals surface area contributed by atoms with Gasteiger partial charge >= 0.3 is 0 Å². The standard InChI is InChI=1S/C18H25N5O2.ClH/c1-12(2)16-15-9-13(10-20-17(15)25-21-16)18(24)23-6-3-14(11-23)22-7-4-19-5-8-22;/h9-10,12,14,19H,3-8,11H2,1-2H3;1H. The summed E-state index contributed by atoms with van der Waals surface area (Å²) in [6.45, 7) is 9.95. The van der Waals surface area contributed by atoms with Crippen LogP contribution in [0.15, 0.2) is 16.8 Å². The van der Waals surface area contributed by atoms with Crippen molar-refractivity contribution >= 4 is 29.4 Å². The third kappa shape index (κ3) is 3.56. The van der Waals surface area contributed by atoms with Crippen LogP contribution in [0.4, 0.5) is 0 Å². The van der Waals surface area contributed by atoms with Crippen LogP contribution < -0.4 is 5.32 Å². The van der Waals surface area contributed by atoms with Crippen LogP contribution in [0.25, 0.3) is 11.1 Å². The lowest BCUT2D eigenvalue weighted by Gasteiger charge is -2.32. The van der Waals surface area contributed by atoms with Gasteiger partial charge in [-0.2, -0.15) is 0 Å². The second-order valence-corrected chi connectivity index (χ2v) is 7.28. The van der Waals surface area contributed by atoms with Crippen molar-refractivity contribution in [3.05, 3.63) is 23.5 Å². The van der Waals surface area contributed by atoms with E-state index < -0.39 is 0 Å². The van der Waals surface area contributed by atoms with Gasteiger partial charge in [0.25, 0.3) is 11.6 Å². The highest BCUT2D eigenvalue weighted by molar-refractivity contribution is 5.97. The molecule has 0 aliphatic carbocycles. The molecular formula is C18H26ClN5O2. The zero-order chi connectivity index (χ0) is 17.4. The average Bonchev–Trinajstić information content (AvgIpc) is 3.28. The van der Waals surface area contributed by atoms with Gasteiger partial charge < -0.3 is 14.7 Å². The van der Waals surface area contributed by atoms with Gasteiger partial charge in [0.1, 0.15) is 0 Å². The topological polar surface area (TPSA) is 74.5 Å². The van der Waals surface area contributed by atoms with Gasteiger partial charge in [0.15, 0.2) is 0 Å². The highest BCUT2D eigenvalue weighted by Crippen LogP contribution is 2.25. The van der Waals surface area contributed by atoms with Crippen molar-refractivity contribution in [1.82, 2.24) is 25.3 Å². The number of hydrogen-bond acceptors (Lipinski definition) is 6. The summed E-state index contributed by atoms with van der Waals surface area (Å²) in [6, 6.07) is 2.36. The van der Waals surface area contributed by atoms with E-state index in [1.54, 1.807) is 6.20 Å². The van der Waals surface area contributed by atoms with Gasteiger partial charge in [-0.3, -0.25) is 9.69 Å². The number of amides is 1. The second-order valence-electron chi connectivity index (χ2n) is 7.28. The van der Waals surface area contributed by atoms with Gasteiger partial charge in [-0.15, -0.1) is 12.4 Å². The number of rotatable bonds is 3. The SMILES string of the molecule is CC(C)c1noc2ncc(C(=O)N3CCC(N4CCNCC4)C3)cc12.Cl.